The molecule has 0 spiro atoms. The van der Waals surface area contributed by atoms with E-state index in [0.717, 1.165) is 5.56 Å². The van der Waals surface area contributed by atoms with Gasteiger partial charge in [-0.25, -0.2) is 9.18 Å². The molecule has 8 nitrogen and oxygen atoms in total. The summed E-state index contributed by atoms with van der Waals surface area (Å²) >= 11 is 0. The second-order valence-corrected chi connectivity index (χ2v) is 8.29. The number of likely N-dealkylation sites (tertiary alicyclic amines) is 1. The number of carboxylic acid groups (broad SMARTS) is 1. The summed E-state index contributed by atoms with van der Waals surface area (Å²) in [6, 6.07) is 10.4. The molecule has 2 aliphatic rings. The van der Waals surface area contributed by atoms with Crippen LogP contribution in [0.5, 0.6) is 0 Å². The molecule has 2 aromatic carbocycles. The van der Waals surface area contributed by atoms with Crippen molar-refractivity contribution >= 4 is 12.0 Å². The SMILES string of the molecule is O=C(O)N1CC[C@@H](c2ccc(F)cc2)[C@H](N2Cc3ccc(-c4nnc(C(F)F)o4)cc3C2=O)C1. The number of hydrogen-bond donors (Lipinski definition) is 1. The van der Waals surface area contributed by atoms with E-state index in [0.29, 0.717) is 29.7 Å². The molecule has 2 amide bonds. The number of rotatable bonds is 4. The lowest BCUT2D eigenvalue weighted by atomic mass is 9.84. The fourth-order valence-corrected chi connectivity index (χ4v) is 4.68. The van der Waals surface area contributed by atoms with Crippen molar-refractivity contribution in [3.63, 3.8) is 0 Å². The van der Waals surface area contributed by atoms with Crippen LogP contribution in [0.3, 0.4) is 0 Å². The fraction of sp³-hybridized carbons (Fsp3) is 0.304. The third-order valence-corrected chi connectivity index (χ3v) is 6.37. The molecule has 3 aromatic rings. The highest BCUT2D eigenvalue weighted by molar-refractivity contribution is 5.99. The van der Waals surface area contributed by atoms with Gasteiger partial charge in [-0.3, -0.25) is 4.79 Å². The Bertz CT molecular complexity index is 1250. The van der Waals surface area contributed by atoms with E-state index < -0.39 is 24.5 Å². The number of carbonyl (C=O) groups excluding carboxylic acids is 1. The van der Waals surface area contributed by atoms with Crippen molar-refractivity contribution in [1.82, 2.24) is 20.0 Å². The van der Waals surface area contributed by atoms with Crippen molar-refractivity contribution in [2.45, 2.75) is 31.4 Å². The third kappa shape index (κ3) is 3.87. The lowest BCUT2D eigenvalue weighted by molar-refractivity contribution is 0.0503. The second-order valence-electron chi connectivity index (χ2n) is 8.29. The highest BCUT2D eigenvalue weighted by Crippen LogP contribution is 2.37. The van der Waals surface area contributed by atoms with E-state index in [1.54, 1.807) is 29.2 Å². The highest BCUT2D eigenvalue weighted by Gasteiger charge is 2.41. The van der Waals surface area contributed by atoms with E-state index in [1.165, 1.54) is 23.1 Å². The minimum absolute atomic E-state index is 0.116. The van der Waals surface area contributed by atoms with Gasteiger partial charge in [0.2, 0.25) is 5.89 Å². The zero-order valence-electron chi connectivity index (χ0n) is 17.7. The van der Waals surface area contributed by atoms with Crippen molar-refractivity contribution in [3.8, 4) is 11.5 Å². The van der Waals surface area contributed by atoms with Gasteiger partial charge in [0.1, 0.15) is 5.82 Å². The molecular weight excluding hydrogens is 453 g/mol. The molecule has 0 unspecified atom stereocenters. The number of aromatic nitrogens is 2. The maximum atomic E-state index is 13.5. The van der Waals surface area contributed by atoms with Crippen molar-refractivity contribution in [1.29, 1.82) is 0 Å². The third-order valence-electron chi connectivity index (χ3n) is 6.37. The number of hydrogen-bond acceptors (Lipinski definition) is 5. The highest BCUT2D eigenvalue weighted by atomic mass is 19.3. The van der Waals surface area contributed by atoms with Crippen molar-refractivity contribution in [2.24, 2.45) is 0 Å². The van der Waals surface area contributed by atoms with Crippen LogP contribution in [-0.4, -0.2) is 56.2 Å². The van der Waals surface area contributed by atoms with Crippen LogP contribution in [0.4, 0.5) is 18.0 Å². The number of piperidine rings is 1. The number of nitrogens with zero attached hydrogens (tertiary/aromatic N) is 4. The molecule has 2 aliphatic heterocycles. The van der Waals surface area contributed by atoms with Crippen LogP contribution in [0.1, 0.15) is 46.1 Å². The average Bonchev–Trinajstić information content (AvgIpc) is 3.45. The van der Waals surface area contributed by atoms with Crippen molar-refractivity contribution < 1.29 is 32.3 Å². The summed E-state index contributed by atoms with van der Waals surface area (Å²) in [5.74, 6) is -1.80. The van der Waals surface area contributed by atoms with Crippen LogP contribution in [0.15, 0.2) is 46.9 Å². The first-order valence-electron chi connectivity index (χ1n) is 10.6. The number of carbonyl (C=O) groups is 2. The molecule has 0 bridgehead atoms. The lowest BCUT2D eigenvalue weighted by Crippen LogP contribution is -2.53. The molecule has 1 saturated heterocycles. The average molecular weight is 472 g/mol. The number of amides is 2. The van der Waals surface area contributed by atoms with Crippen LogP contribution in [0.25, 0.3) is 11.5 Å². The van der Waals surface area contributed by atoms with E-state index in [-0.39, 0.29) is 36.6 Å². The largest absolute Gasteiger partial charge is 0.465 e. The molecule has 5 rings (SSSR count). The molecular formula is C23H19F3N4O4. The standard InChI is InChI=1S/C23H19F3N4O4/c24-15-5-3-12(4-6-15)16-7-8-29(23(32)33)11-18(16)30-10-14-2-1-13(9-17(14)22(30)31)20-27-28-21(34-20)19(25)26/h1-6,9,16,18-19H,7-8,10-11H2,(H,32,33)/t16-,18+/m0/s1. The zero-order chi connectivity index (χ0) is 24.0. The fourth-order valence-electron chi connectivity index (χ4n) is 4.68. The number of benzene rings is 2. The Kier molecular flexibility index (Phi) is 5.46. The van der Waals surface area contributed by atoms with Crippen LogP contribution >= 0.6 is 0 Å². The maximum absolute atomic E-state index is 13.5. The summed E-state index contributed by atoms with van der Waals surface area (Å²) in [5.41, 5.74) is 2.23. The monoisotopic (exact) mass is 472 g/mol. The number of fused-ring (bicyclic) bond motifs is 1. The summed E-state index contributed by atoms with van der Waals surface area (Å²) in [4.78, 5) is 28.0. The van der Waals surface area contributed by atoms with Crippen LogP contribution in [0.2, 0.25) is 0 Å². The molecule has 3 heterocycles. The van der Waals surface area contributed by atoms with Crippen molar-refractivity contribution in [2.75, 3.05) is 13.1 Å². The van der Waals surface area contributed by atoms with Crippen LogP contribution in [-0.2, 0) is 6.54 Å². The minimum atomic E-state index is -2.90. The van der Waals surface area contributed by atoms with Gasteiger partial charge < -0.3 is 19.3 Å². The Hall–Kier alpha value is -3.89. The van der Waals surface area contributed by atoms with Gasteiger partial charge in [-0.2, -0.15) is 8.78 Å². The minimum Gasteiger partial charge on any atom is -0.465 e. The zero-order valence-corrected chi connectivity index (χ0v) is 17.7. The molecule has 0 radical (unpaired) electrons. The predicted octanol–water partition coefficient (Wildman–Crippen LogP) is 4.31. The Morgan fingerprint density at radius 2 is 1.91 bits per heavy atom. The Balaban J connectivity index is 1.45. The smallest absolute Gasteiger partial charge is 0.407 e. The Morgan fingerprint density at radius 1 is 1.15 bits per heavy atom. The first-order valence-corrected chi connectivity index (χ1v) is 10.6. The van der Waals surface area contributed by atoms with Gasteiger partial charge in [0.25, 0.3) is 11.8 Å². The van der Waals surface area contributed by atoms with Gasteiger partial charge in [-0.05, 0) is 41.8 Å². The molecule has 11 heteroatoms. The van der Waals surface area contributed by atoms with E-state index >= 15 is 0 Å². The summed E-state index contributed by atoms with van der Waals surface area (Å²) in [6.45, 7) is 0.679. The molecule has 0 aliphatic carbocycles. The van der Waals surface area contributed by atoms with E-state index in [9.17, 15) is 27.9 Å². The number of alkyl halides is 2. The van der Waals surface area contributed by atoms with Crippen LogP contribution < -0.4 is 0 Å². The molecule has 1 aromatic heterocycles. The normalized spacial score (nSPS) is 20.2. The Morgan fingerprint density at radius 3 is 2.59 bits per heavy atom. The van der Waals surface area contributed by atoms with Crippen molar-refractivity contribution in [3.05, 3.63) is 70.9 Å². The summed E-state index contributed by atoms with van der Waals surface area (Å²) in [5, 5.41) is 16.5. The van der Waals surface area contributed by atoms with Gasteiger partial charge in [0.15, 0.2) is 0 Å². The Labute approximate surface area is 191 Å². The lowest BCUT2D eigenvalue weighted by Gasteiger charge is -2.42. The summed E-state index contributed by atoms with van der Waals surface area (Å²) in [7, 11) is 0. The van der Waals surface area contributed by atoms with Crippen LogP contribution in [0, 0.1) is 5.82 Å². The van der Waals surface area contributed by atoms with E-state index in [1.807, 2.05) is 0 Å². The van der Waals surface area contributed by atoms with Gasteiger partial charge in [0.05, 0.1) is 6.04 Å². The molecule has 1 N–H and O–H groups in total. The first-order chi connectivity index (χ1) is 16.3. The molecule has 1 fully saturated rings. The molecule has 2 atom stereocenters. The van der Waals surface area contributed by atoms with Gasteiger partial charge in [0, 0.05) is 36.7 Å². The van der Waals surface area contributed by atoms with Gasteiger partial charge in [-0.1, -0.05) is 18.2 Å². The maximum Gasteiger partial charge on any atom is 0.407 e. The van der Waals surface area contributed by atoms with E-state index in [2.05, 4.69) is 10.2 Å². The topological polar surface area (TPSA) is 99.8 Å². The summed E-state index contributed by atoms with van der Waals surface area (Å²) < 4.78 is 44.1. The van der Waals surface area contributed by atoms with Gasteiger partial charge in [-0.15, -0.1) is 10.2 Å². The predicted molar refractivity (Wildman–Crippen MR) is 112 cm³/mol. The molecule has 176 valence electrons. The summed E-state index contributed by atoms with van der Waals surface area (Å²) in [6.07, 6.45) is -3.49. The number of halogens is 3. The first kappa shape index (κ1) is 21.9. The van der Waals surface area contributed by atoms with Gasteiger partial charge >= 0.3 is 12.5 Å². The molecule has 34 heavy (non-hydrogen) atoms. The second kappa shape index (κ2) is 8.47. The van der Waals surface area contributed by atoms with E-state index in [4.69, 9.17) is 4.42 Å². The molecule has 0 saturated carbocycles. The quantitative estimate of drug-likeness (QED) is 0.608.